The molecule has 0 bridgehead atoms. The van der Waals surface area contributed by atoms with E-state index in [9.17, 15) is 0 Å². The Morgan fingerprint density at radius 1 is 0.880 bits per heavy atom. The van der Waals surface area contributed by atoms with E-state index in [2.05, 4.69) is 73.9 Å². The third kappa shape index (κ3) is 4.35. The van der Waals surface area contributed by atoms with E-state index in [-0.39, 0.29) is 0 Å². The van der Waals surface area contributed by atoms with Crippen LogP contribution >= 0.6 is 0 Å². The highest BCUT2D eigenvalue weighted by Crippen LogP contribution is 2.37. The molecule has 0 aromatic heterocycles. The van der Waals surface area contributed by atoms with Crippen molar-refractivity contribution in [1.82, 2.24) is 0 Å². The Balaban J connectivity index is 1.76. The van der Waals surface area contributed by atoms with E-state index in [1.165, 1.54) is 47.9 Å². The molecule has 0 aliphatic heterocycles. The van der Waals surface area contributed by atoms with E-state index >= 15 is 0 Å². The average molecular weight is 325 g/mol. The summed E-state index contributed by atoms with van der Waals surface area (Å²) < 4.78 is 0. The maximum absolute atomic E-state index is 3.52. The van der Waals surface area contributed by atoms with Gasteiger partial charge >= 0.3 is 0 Å². The van der Waals surface area contributed by atoms with Crippen LogP contribution in [0.1, 0.15) is 74.6 Å². The summed E-state index contributed by atoms with van der Waals surface area (Å²) >= 11 is 0. The first-order chi connectivity index (χ1) is 12.3. The number of unbranched alkanes of at least 4 members (excludes halogenated alkanes) is 4. The monoisotopic (exact) mass is 325 g/mol. The molecule has 0 N–H and O–H groups in total. The molecular formula is C25H25. The van der Waals surface area contributed by atoms with Gasteiger partial charge in [-0.1, -0.05) is 62.5 Å². The molecule has 2 aromatic rings. The number of rotatable bonds is 4. The average Bonchev–Trinajstić information content (AvgIpc) is 2.99. The van der Waals surface area contributed by atoms with Crippen molar-refractivity contribution in [3.63, 3.8) is 0 Å². The van der Waals surface area contributed by atoms with Gasteiger partial charge in [0, 0.05) is 30.0 Å². The normalized spacial score (nSPS) is 11.0. The third-order valence-corrected chi connectivity index (χ3v) is 4.56. The van der Waals surface area contributed by atoms with Gasteiger partial charge in [0.15, 0.2) is 0 Å². The van der Waals surface area contributed by atoms with Crippen molar-refractivity contribution >= 4 is 0 Å². The molecule has 0 nitrogen and oxygen atoms in total. The van der Waals surface area contributed by atoms with Crippen molar-refractivity contribution < 1.29 is 0 Å². The van der Waals surface area contributed by atoms with Crippen LogP contribution in [0.4, 0.5) is 0 Å². The van der Waals surface area contributed by atoms with Gasteiger partial charge in [-0.05, 0) is 59.7 Å². The molecule has 2 aromatic carbocycles. The lowest BCUT2D eigenvalue weighted by molar-refractivity contribution is 0.828. The van der Waals surface area contributed by atoms with Crippen LogP contribution < -0.4 is 0 Å². The van der Waals surface area contributed by atoms with Crippen LogP contribution in [0, 0.1) is 29.7 Å². The minimum Gasteiger partial charge on any atom is -0.0979 e. The van der Waals surface area contributed by atoms with E-state index in [1.54, 1.807) is 0 Å². The molecule has 0 heterocycles. The van der Waals surface area contributed by atoms with Gasteiger partial charge in [0.05, 0.1) is 0 Å². The Hall–Kier alpha value is -2.44. The summed E-state index contributed by atoms with van der Waals surface area (Å²) in [5, 5.41) is 0. The molecular weight excluding hydrogens is 300 g/mol. The third-order valence-electron chi connectivity index (χ3n) is 4.56. The fraction of sp³-hybridized carbons (Fsp3) is 0.360. The van der Waals surface area contributed by atoms with Crippen molar-refractivity contribution in [1.29, 1.82) is 0 Å². The van der Waals surface area contributed by atoms with Crippen molar-refractivity contribution in [2.45, 2.75) is 58.8 Å². The maximum Gasteiger partial charge on any atom is 0.0327 e. The van der Waals surface area contributed by atoms with Crippen LogP contribution in [0.2, 0.25) is 0 Å². The summed E-state index contributed by atoms with van der Waals surface area (Å²) in [6.45, 7) is 4.40. The topological polar surface area (TPSA) is 0 Å². The summed E-state index contributed by atoms with van der Waals surface area (Å²) in [6, 6.07) is 14.4. The van der Waals surface area contributed by atoms with Crippen LogP contribution in [-0.4, -0.2) is 0 Å². The summed E-state index contributed by atoms with van der Waals surface area (Å²) in [4.78, 5) is 0. The highest BCUT2D eigenvalue weighted by atomic mass is 14.2. The molecule has 1 aliphatic carbocycles. The fourth-order valence-electron chi connectivity index (χ4n) is 3.13. The predicted octanol–water partition coefficient (Wildman–Crippen LogP) is 6.14. The summed E-state index contributed by atoms with van der Waals surface area (Å²) in [7, 11) is 0. The minimum atomic E-state index is 0.944. The van der Waals surface area contributed by atoms with Crippen molar-refractivity contribution in [2.24, 2.45) is 0 Å². The van der Waals surface area contributed by atoms with Gasteiger partial charge in [-0.3, -0.25) is 0 Å². The van der Waals surface area contributed by atoms with E-state index in [0.29, 0.717) is 0 Å². The van der Waals surface area contributed by atoms with Crippen molar-refractivity contribution in [3.8, 4) is 34.8 Å². The zero-order valence-electron chi connectivity index (χ0n) is 15.3. The molecule has 1 aliphatic rings. The Morgan fingerprint density at radius 3 is 2.36 bits per heavy atom. The second-order valence-corrected chi connectivity index (χ2v) is 6.62. The largest absolute Gasteiger partial charge is 0.0979 e. The molecule has 25 heavy (non-hydrogen) atoms. The zero-order valence-corrected chi connectivity index (χ0v) is 15.3. The van der Waals surface area contributed by atoms with E-state index < -0.39 is 0 Å². The fourth-order valence-corrected chi connectivity index (χ4v) is 3.13. The lowest BCUT2D eigenvalue weighted by atomic mass is 10.0. The van der Waals surface area contributed by atoms with Crippen LogP contribution in [0.5, 0.6) is 0 Å². The van der Waals surface area contributed by atoms with Crippen molar-refractivity contribution in [3.05, 3.63) is 58.7 Å². The Bertz CT molecular complexity index is 789. The molecule has 125 valence electrons. The Morgan fingerprint density at radius 2 is 1.60 bits per heavy atom. The minimum absolute atomic E-state index is 0.944. The van der Waals surface area contributed by atoms with Crippen LogP contribution in [-0.2, 0) is 6.42 Å². The number of hydrogen-bond donors (Lipinski definition) is 0. The highest BCUT2D eigenvalue weighted by molar-refractivity contribution is 5.78. The highest BCUT2D eigenvalue weighted by Gasteiger charge is 2.18. The van der Waals surface area contributed by atoms with E-state index in [1.807, 2.05) is 0 Å². The van der Waals surface area contributed by atoms with Crippen LogP contribution in [0.25, 0.3) is 11.1 Å². The van der Waals surface area contributed by atoms with Gasteiger partial charge < -0.3 is 0 Å². The molecule has 0 fully saturated rings. The smallest absolute Gasteiger partial charge is 0.0327 e. The molecule has 3 rings (SSSR count). The van der Waals surface area contributed by atoms with Gasteiger partial charge in [0.25, 0.3) is 0 Å². The predicted molar refractivity (Wildman–Crippen MR) is 106 cm³/mol. The first kappa shape index (κ1) is 17.4. The zero-order chi connectivity index (χ0) is 17.5. The first-order valence-electron chi connectivity index (χ1n) is 9.48. The SMILES string of the molecule is CCCCC#Cc1[c]c2c(cc1)-c1ccc(C#CCCCC)cc1C2. The number of hydrogen-bond acceptors (Lipinski definition) is 0. The molecule has 0 amide bonds. The van der Waals surface area contributed by atoms with Crippen LogP contribution in [0.15, 0.2) is 30.3 Å². The molecule has 0 saturated carbocycles. The maximum atomic E-state index is 3.52. The van der Waals surface area contributed by atoms with Gasteiger partial charge in [-0.2, -0.15) is 0 Å². The van der Waals surface area contributed by atoms with Gasteiger partial charge in [-0.25, -0.2) is 0 Å². The van der Waals surface area contributed by atoms with Gasteiger partial charge in [0.1, 0.15) is 0 Å². The molecule has 0 atom stereocenters. The summed E-state index contributed by atoms with van der Waals surface area (Å²) in [5.41, 5.74) is 7.41. The quantitative estimate of drug-likeness (QED) is 0.399. The van der Waals surface area contributed by atoms with E-state index in [0.717, 1.165) is 30.4 Å². The molecule has 0 saturated heterocycles. The van der Waals surface area contributed by atoms with Gasteiger partial charge in [0.2, 0.25) is 0 Å². The number of benzene rings is 2. The second kappa shape index (κ2) is 8.60. The lowest BCUT2D eigenvalue weighted by Crippen LogP contribution is -1.84. The lowest BCUT2D eigenvalue weighted by Gasteiger charge is -2.01. The molecule has 0 heteroatoms. The Labute approximate surface area is 152 Å². The molecule has 0 spiro atoms. The first-order valence-corrected chi connectivity index (χ1v) is 9.48. The molecule has 1 radical (unpaired) electrons. The summed E-state index contributed by atoms with van der Waals surface area (Å²) in [6.07, 6.45) is 7.66. The standard InChI is InChI=1S/C25H25/c1-3-5-7-9-11-20-13-15-24-22(17-20)19-23-18-21(14-16-25(23)24)12-10-8-6-4-2/h13-17H,3-8,19H2,1-2H3. The van der Waals surface area contributed by atoms with Crippen LogP contribution in [0.3, 0.4) is 0 Å². The second-order valence-electron chi connectivity index (χ2n) is 6.62. The molecule has 0 unspecified atom stereocenters. The Kier molecular flexibility index (Phi) is 5.98. The number of fused-ring (bicyclic) bond motifs is 3. The van der Waals surface area contributed by atoms with Crippen molar-refractivity contribution in [2.75, 3.05) is 0 Å². The summed E-state index contributed by atoms with van der Waals surface area (Å²) in [5.74, 6) is 13.1. The van der Waals surface area contributed by atoms with Gasteiger partial charge in [-0.15, -0.1) is 0 Å². The van der Waals surface area contributed by atoms with E-state index in [4.69, 9.17) is 0 Å².